The van der Waals surface area contributed by atoms with Crippen molar-refractivity contribution in [3.8, 4) is 0 Å². The Morgan fingerprint density at radius 3 is 2.73 bits per heavy atom. The second kappa shape index (κ2) is 4.43. The first kappa shape index (κ1) is 10.8. The summed E-state index contributed by atoms with van der Waals surface area (Å²) in [7, 11) is 0. The van der Waals surface area contributed by atoms with Crippen LogP contribution >= 0.6 is 27.3 Å². The van der Waals surface area contributed by atoms with Crippen molar-refractivity contribution < 1.29 is 9.50 Å². The van der Waals surface area contributed by atoms with Gasteiger partial charge in [0.2, 0.25) is 0 Å². The molecular weight excluding hydrogens is 279 g/mol. The molecule has 4 heteroatoms. The van der Waals surface area contributed by atoms with E-state index in [1.165, 1.54) is 23.5 Å². The molecule has 1 N–H and O–H groups in total. The van der Waals surface area contributed by atoms with Crippen LogP contribution in [0.15, 0.2) is 40.2 Å². The molecule has 78 valence electrons. The van der Waals surface area contributed by atoms with Gasteiger partial charge in [-0.2, -0.15) is 0 Å². The number of benzene rings is 1. The third kappa shape index (κ3) is 2.27. The Hall–Kier alpha value is -0.710. The molecule has 1 nitrogen and oxygen atoms in total. The number of halogens is 2. The van der Waals surface area contributed by atoms with Gasteiger partial charge >= 0.3 is 0 Å². The zero-order valence-corrected chi connectivity index (χ0v) is 10.1. The summed E-state index contributed by atoms with van der Waals surface area (Å²) in [5, 5.41) is 11.9. The minimum absolute atomic E-state index is 0.316. The second-order valence-electron chi connectivity index (χ2n) is 3.08. The first-order chi connectivity index (χ1) is 7.18. The molecule has 0 fully saturated rings. The van der Waals surface area contributed by atoms with E-state index in [1.54, 1.807) is 6.07 Å². The molecule has 0 radical (unpaired) electrons. The van der Waals surface area contributed by atoms with E-state index in [0.717, 1.165) is 4.88 Å². The van der Waals surface area contributed by atoms with Gasteiger partial charge in [-0.15, -0.1) is 11.3 Å². The number of aliphatic hydroxyl groups excluding tert-OH is 1. The molecule has 1 heterocycles. The van der Waals surface area contributed by atoms with E-state index in [-0.39, 0.29) is 5.82 Å². The largest absolute Gasteiger partial charge is 0.383 e. The molecule has 0 aliphatic carbocycles. The minimum atomic E-state index is -0.694. The van der Waals surface area contributed by atoms with Gasteiger partial charge in [0.1, 0.15) is 11.9 Å². The Labute approximate surface area is 99.3 Å². The van der Waals surface area contributed by atoms with E-state index in [4.69, 9.17) is 0 Å². The summed E-state index contributed by atoms with van der Waals surface area (Å²) in [5.74, 6) is -0.316. The van der Waals surface area contributed by atoms with E-state index < -0.39 is 6.10 Å². The summed E-state index contributed by atoms with van der Waals surface area (Å²) in [6.07, 6.45) is -0.694. The molecule has 1 atom stereocenters. The predicted molar refractivity (Wildman–Crippen MR) is 62.5 cm³/mol. The van der Waals surface area contributed by atoms with Crippen LogP contribution in [-0.2, 0) is 0 Å². The van der Waals surface area contributed by atoms with Gasteiger partial charge in [0.05, 0.1) is 0 Å². The maximum Gasteiger partial charge on any atom is 0.124 e. The molecule has 0 aliphatic rings. The number of thiophene rings is 1. The Morgan fingerprint density at radius 2 is 2.13 bits per heavy atom. The first-order valence-electron chi connectivity index (χ1n) is 4.35. The van der Waals surface area contributed by atoms with Crippen LogP contribution in [0.2, 0.25) is 0 Å². The average molecular weight is 287 g/mol. The van der Waals surface area contributed by atoms with Crippen LogP contribution in [-0.4, -0.2) is 5.11 Å². The van der Waals surface area contributed by atoms with E-state index in [1.807, 2.05) is 17.5 Å². The second-order valence-corrected chi connectivity index (χ2v) is 4.92. The van der Waals surface area contributed by atoms with Crippen molar-refractivity contribution in [2.75, 3.05) is 0 Å². The fourth-order valence-electron chi connectivity index (χ4n) is 1.32. The standard InChI is InChI=1S/C11H8BrFOS/c12-9-6-7(13)3-4-8(9)11(14)10-2-1-5-15-10/h1-6,11,14H. The molecule has 1 aromatic carbocycles. The molecule has 1 aromatic heterocycles. The number of hydrogen-bond donors (Lipinski definition) is 1. The zero-order chi connectivity index (χ0) is 10.8. The van der Waals surface area contributed by atoms with E-state index in [9.17, 15) is 9.50 Å². The fraction of sp³-hybridized carbons (Fsp3) is 0.0909. The lowest BCUT2D eigenvalue weighted by Gasteiger charge is -2.10. The maximum atomic E-state index is 12.8. The van der Waals surface area contributed by atoms with Gasteiger partial charge in [0, 0.05) is 14.9 Å². The number of rotatable bonds is 2. The van der Waals surface area contributed by atoms with Crippen LogP contribution in [0, 0.1) is 5.82 Å². The van der Waals surface area contributed by atoms with Gasteiger partial charge in [-0.05, 0) is 23.6 Å². The highest BCUT2D eigenvalue weighted by atomic mass is 79.9. The van der Waals surface area contributed by atoms with Crippen LogP contribution in [0.25, 0.3) is 0 Å². The quantitative estimate of drug-likeness (QED) is 0.892. The van der Waals surface area contributed by atoms with Crippen LogP contribution in [0.3, 0.4) is 0 Å². The molecular formula is C11H8BrFOS. The minimum Gasteiger partial charge on any atom is -0.383 e. The van der Waals surface area contributed by atoms with E-state index in [0.29, 0.717) is 10.0 Å². The molecule has 0 saturated heterocycles. The lowest BCUT2D eigenvalue weighted by molar-refractivity contribution is 0.223. The van der Waals surface area contributed by atoms with Gasteiger partial charge in [-0.1, -0.05) is 28.1 Å². The van der Waals surface area contributed by atoms with Crippen LogP contribution < -0.4 is 0 Å². The highest BCUT2D eigenvalue weighted by Gasteiger charge is 2.14. The van der Waals surface area contributed by atoms with E-state index in [2.05, 4.69) is 15.9 Å². The van der Waals surface area contributed by atoms with Crippen molar-refractivity contribution in [1.82, 2.24) is 0 Å². The lowest BCUT2D eigenvalue weighted by atomic mass is 10.1. The van der Waals surface area contributed by atoms with Crippen LogP contribution in [0.5, 0.6) is 0 Å². The Balaban J connectivity index is 2.38. The zero-order valence-electron chi connectivity index (χ0n) is 7.65. The molecule has 2 aromatic rings. The van der Waals surface area contributed by atoms with Crippen molar-refractivity contribution >= 4 is 27.3 Å². The molecule has 2 rings (SSSR count). The molecule has 0 bridgehead atoms. The smallest absolute Gasteiger partial charge is 0.124 e. The van der Waals surface area contributed by atoms with Crippen molar-refractivity contribution in [1.29, 1.82) is 0 Å². The van der Waals surface area contributed by atoms with Crippen LogP contribution in [0.4, 0.5) is 4.39 Å². The van der Waals surface area contributed by atoms with Crippen molar-refractivity contribution in [2.45, 2.75) is 6.10 Å². The Morgan fingerprint density at radius 1 is 1.33 bits per heavy atom. The monoisotopic (exact) mass is 286 g/mol. The third-order valence-corrected chi connectivity index (χ3v) is 3.68. The summed E-state index contributed by atoms with van der Waals surface area (Å²) >= 11 is 4.71. The van der Waals surface area contributed by atoms with Gasteiger partial charge in [-0.3, -0.25) is 0 Å². The predicted octanol–water partition coefficient (Wildman–Crippen LogP) is 3.73. The maximum absolute atomic E-state index is 12.8. The summed E-state index contributed by atoms with van der Waals surface area (Å²) in [6, 6.07) is 8.01. The molecule has 0 saturated carbocycles. The summed E-state index contributed by atoms with van der Waals surface area (Å²) in [5.41, 5.74) is 0.679. The topological polar surface area (TPSA) is 20.2 Å². The number of hydrogen-bond acceptors (Lipinski definition) is 2. The molecule has 1 unspecified atom stereocenters. The van der Waals surface area contributed by atoms with Gasteiger partial charge in [0.25, 0.3) is 0 Å². The molecule has 0 spiro atoms. The highest BCUT2D eigenvalue weighted by Crippen LogP contribution is 2.31. The Bertz CT molecular complexity index is 456. The highest BCUT2D eigenvalue weighted by molar-refractivity contribution is 9.10. The van der Waals surface area contributed by atoms with Gasteiger partial charge in [-0.25, -0.2) is 4.39 Å². The SMILES string of the molecule is OC(c1cccs1)c1ccc(F)cc1Br. The lowest BCUT2D eigenvalue weighted by Crippen LogP contribution is -1.98. The van der Waals surface area contributed by atoms with Crippen molar-refractivity contribution in [3.63, 3.8) is 0 Å². The summed E-state index contributed by atoms with van der Waals surface area (Å²) < 4.78 is 13.4. The molecule has 0 amide bonds. The third-order valence-electron chi connectivity index (χ3n) is 2.07. The van der Waals surface area contributed by atoms with Gasteiger partial charge in [0.15, 0.2) is 0 Å². The molecule has 15 heavy (non-hydrogen) atoms. The van der Waals surface area contributed by atoms with Gasteiger partial charge < -0.3 is 5.11 Å². The average Bonchev–Trinajstić information content (AvgIpc) is 2.69. The summed E-state index contributed by atoms with van der Waals surface area (Å²) in [4.78, 5) is 0.849. The fourth-order valence-corrected chi connectivity index (χ4v) is 2.62. The first-order valence-corrected chi connectivity index (χ1v) is 6.02. The normalized spacial score (nSPS) is 12.7. The van der Waals surface area contributed by atoms with Crippen LogP contribution in [0.1, 0.15) is 16.5 Å². The molecule has 0 aliphatic heterocycles. The van der Waals surface area contributed by atoms with Crippen molar-refractivity contribution in [2.24, 2.45) is 0 Å². The van der Waals surface area contributed by atoms with Crippen molar-refractivity contribution in [3.05, 3.63) is 56.4 Å². The van der Waals surface area contributed by atoms with E-state index >= 15 is 0 Å². The summed E-state index contributed by atoms with van der Waals surface area (Å²) in [6.45, 7) is 0. The number of aliphatic hydroxyl groups is 1. The Kier molecular flexibility index (Phi) is 3.19.